The quantitative estimate of drug-likeness (QED) is 0.292. The first kappa shape index (κ1) is 30.9. The average molecular weight is 508 g/mol. The van der Waals surface area contributed by atoms with E-state index in [1.54, 1.807) is 32.9 Å². The van der Waals surface area contributed by atoms with Gasteiger partial charge in [-0.05, 0) is 46.6 Å². The molecule has 0 aliphatic rings. The summed E-state index contributed by atoms with van der Waals surface area (Å²) < 4.78 is 9.86. The molecule has 3 N–H and O–H groups in total. The fraction of sp³-hybridized carbons (Fsp3) is 0.615. The molecule has 0 radical (unpaired) electrons. The van der Waals surface area contributed by atoms with E-state index >= 15 is 0 Å². The number of unbranched alkanes of at least 4 members (excludes halogenated alkanes) is 2. The Kier molecular flexibility index (Phi) is 12.4. The molecule has 202 valence electrons. The van der Waals surface area contributed by atoms with E-state index in [1.807, 2.05) is 26.8 Å². The van der Waals surface area contributed by atoms with Gasteiger partial charge in [0.25, 0.3) is 0 Å². The molecule has 0 bridgehead atoms. The molecule has 0 aromatic heterocycles. The van der Waals surface area contributed by atoms with Crippen LogP contribution in [0, 0.1) is 13.8 Å². The van der Waals surface area contributed by atoms with E-state index in [0.29, 0.717) is 12.0 Å². The number of aliphatic hydroxyl groups is 1. The number of hydrogen-bond acceptors (Lipinski definition) is 7. The second kappa shape index (κ2) is 14.4. The smallest absolute Gasteiger partial charge is 0.408 e. The first-order valence-electron chi connectivity index (χ1n) is 12.2. The van der Waals surface area contributed by atoms with Gasteiger partial charge in [0.1, 0.15) is 24.2 Å². The van der Waals surface area contributed by atoms with Crippen LogP contribution in [0.25, 0.3) is 0 Å². The van der Waals surface area contributed by atoms with Crippen molar-refractivity contribution in [3.63, 3.8) is 0 Å². The number of carbonyl (C=O) groups excluding carboxylic acids is 4. The highest BCUT2D eigenvalue weighted by atomic mass is 16.6. The van der Waals surface area contributed by atoms with Gasteiger partial charge >= 0.3 is 12.1 Å². The number of nitrogens with one attached hydrogen (secondary N) is 2. The first-order valence-corrected chi connectivity index (χ1v) is 12.2. The van der Waals surface area contributed by atoms with Crippen molar-refractivity contribution in [3.8, 4) is 0 Å². The van der Waals surface area contributed by atoms with Gasteiger partial charge in [-0.1, -0.05) is 49.1 Å². The third-order valence-corrected chi connectivity index (χ3v) is 5.21. The van der Waals surface area contributed by atoms with Crippen molar-refractivity contribution in [2.75, 3.05) is 26.8 Å². The topological polar surface area (TPSA) is 134 Å². The highest BCUT2D eigenvalue weighted by Crippen LogP contribution is 2.25. The Hall–Kier alpha value is -3.14. The number of methoxy groups -OCH3 is 1. The van der Waals surface area contributed by atoms with Gasteiger partial charge in [0.15, 0.2) is 0 Å². The first-order chi connectivity index (χ1) is 16.8. The molecule has 3 amide bonds. The molecule has 1 aromatic carbocycles. The minimum absolute atomic E-state index is 0.197. The minimum Gasteiger partial charge on any atom is -0.468 e. The van der Waals surface area contributed by atoms with Gasteiger partial charge in [0.05, 0.1) is 13.7 Å². The summed E-state index contributed by atoms with van der Waals surface area (Å²) in [5.74, 6) is -1.85. The molecule has 0 spiro atoms. The third-order valence-electron chi connectivity index (χ3n) is 5.21. The number of alkyl carbamates (subject to hydrolysis) is 1. The number of aryl methyl sites for hydroxylation is 2. The average Bonchev–Trinajstić information content (AvgIpc) is 2.78. The van der Waals surface area contributed by atoms with Crippen molar-refractivity contribution in [2.45, 2.75) is 78.5 Å². The normalized spacial score (nSPS) is 12.8. The molecule has 1 aromatic rings. The zero-order chi connectivity index (χ0) is 27.5. The second-order valence-corrected chi connectivity index (χ2v) is 9.74. The summed E-state index contributed by atoms with van der Waals surface area (Å²) in [6.07, 6.45) is 1.42. The van der Waals surface area contributed by atoms with Gasteiger partial charge in [-0.2, -0.15) is 0 Å². The summed E-state index contributed by atoms with van der Waals surface area (Å²) in [4.78, 5) is 52.4. The van der Waals surface area contributed by atoms with Crippen LogP contribution in [0.3, 0.4) is 0 Å². The standard InChI is InChI=1S/C26H41N3O7/c1-8-9-10-11-29(24(33)20(16-30)28-25(34)36-26(4,5)6)22(23(32)27-15-21(31)35-7)19-13-17(2)12-18(3)14-19/h12-14,20,22,30H,8-11,15-16H2,1-7H3,(H,27,32)(H,28,34). The number of nitrogens with zero attached hydrogens (tertiary/aromatic N) is 1. The minimum atomic E-state index is -1.33. The summed E-state index contributed by atoms with van der Waals surface area (Å²) in [5, 5.41) is 14.9. The Labute approximate surface area is 213 Å². The molecular weight excluding hydrogens is 466 g/mol. The molecule has 0 aliphatic heterocycles. The molecule has 10 nitrogen and oxygen atoms in total. The maximum Gasteiger partial charge on any atom is 0.408 e. The monoisotopic (exact) mass is 507 g/mol. The second-order valence-electron chi connectivity index (χ2n) is 9.74. The van der Waals surface area contributed by atoms with Gasteiger partial charge in [-0.25, -0.2) is 4.79 Å². The van der Waals surface area contributed by atoms with Crippen molar-refractivity contribution in [1.82, 2.24) is 15.5 Å². The predicted molar refractivity (Wildman–Crippen MR) is 135 cm³/mol. The van der Waals surface area contributed by atoms with E-state index in [2.05, 4.69) is 15.4 Å². The fourth-order valence-corrected chi connectivity index (χ4v) is 3.70. The molecule has 0 saturated carbocycles. The number of ether oxygens (including phenoxy) is 2. The van der Waals surface area contributed by atoms with Gasteiger partial charge in [0.2, 0.25) is 11.8 Å². The molecule has 2 unspecified atom stereocenters. The Morgan fingerprint density at radius 2 is 1.67 bits per heavy atom. The Bertz CT molecular complexity index is 891. The van der Waals surface area contributed by atoms with E-state index in [1.165, 1.54) is 12.0 Å². The lowest BCUT2D eigenvalue weighted by Gasteiger charge is -2.34. The van der Waals surface area contributed by atoms with Crippen molar-refractivity contribution in [1.29, 1.82) is 0 Å². The van der Waals surface area contributed by atoms with Crippen LogP contribution in [-0.2, 0) is 23.9 Å². The zero-order valence-electron chi connectivity index (χ0n) is 22.5. The largest absolute Gasteiger partial charge is 0.468 e. The summed E-state index contributed by atoms with van der Waals surface area (Å²) >= 11 is 0. The van der Waals surface area contributed by atoms with E-state index in [4.69, 9.17) is 4.74 Å². The Morgan fingerprint density at radius 1 is 1.06 bits per heavy atom. The molecule has 2 atom stereocenters. The van der Waals surface area contributed by atoms with E-state index in [-0.39, 0.29) is 13.1 Å². The van der Waals surface area contributed by atoms with Crippen LogP contribution in [0.15, 0.2) is 18.2 Å². The van der Waals surface area contributed by atoms with Crippen molar-refractivity contribution in [3.05, 3.63) is 34.9 Å². The summed E-state index contributed by atoms with van der Waals surface area (Å²) in [7, 11) is 1.21. The van der Waals surface area contributed by atoms with Crippen molar-refractivity contribution >= 4 is 23.9 Å². The van der Waals surface area contributed by atoms with Gasteiger partial charge in [0, 0.05) is 6.54 Å². The van der Waals surface area contributed by atoms with Crippen LogP contribution < -0.4 is 10.6 Å². The number of carbonyl (C=O) groups is 4. The van der Waals surface area contributed by atoms with E-state index in [9.17, 15) is 24.3 Å². The van der Waals surface area contributed by atoms with E-state index < -0.39 is 48.2 Å². The lowest BCUT2D eigenvalue weighted by atomic mass is 9.98. The van der Waals surface area contributed by atoms with Crippen LogP contribution in [0.4, 0.5) is 4.79 Å². The van der Waals surface area contributed by atoms with Crippen molar-refractivity contribution < 1.29 is 33.8 Å². The zero-order valence-corrected chi connectivity index (χ0v) is 22.5. The highest BCUT2D eigenvalue weighted by Gasteiger charge is 2.36. The molecule has 0 heterocycles. The molecule has 36 heavy (non-hydrogen) atoms. The molecule has 1 rings (SSSR count). The maximum atomic E-state index is 13.7. The van der Waals surface area contributed by atoms with E-state index in [0.717, 1.165) is 24.0 Å². The van der Waals surface area contributed by atoms with Gasteiger partial charge < -0.3 is 30.1 Å². The molecule has 0 fully saturated rings. The van der Waals surface area contributed by atoms with Gasteiger partial charge in [-0.15, -0.1) is 0 Å². The predicted octanol–water partition coefficient (Wildman–Crippen LogP) is 2.54. The Morgan fingerprint density at radius 3 is 2.17 bits per heavy atom. The number of hydrogen-bond donors (Lipinski definition) is 3. The molecular formula is C26H41N3O7. The fourth-order valence-electron chi connectivity index (χ4n) is 3.70. The number of benzene rings is 1. The van der Waals surface area contributed by atoms with Crippen LogP contribution >= 0.6 is 0 Å². The van der Waals surface area contributed by atoms with Crippen molar-refractivity contribution in [2.24, 2.45) is 0 Å². The summed E-state index contributed by atoms with van der Waals surface area (Å²) in [5.41, 5.74) is 1.53. The third kappa shape index (κ3) is 10.2. The summed E-state index contributed by atoms with van der Waals surface area (Å²) in [6, 6.07) is 3.10. The van der Waals surface area contributed by atoms with Crippen LogP contribution in [-0.4, -0.2) is 72.3 Å². The van der Waals surface area contributed by atoms with Crippen LogP contribution in [0.2, 0.25) is 0 Å². The Balaban J connectivity index is 3.44. The number of aliphatic hydroxyl groups excluding tert-OH is 1. The van der Waals surface area contributed by atoms with Gasteiger partial charge in [-0.3, -0.25) is 14.4 Å². The molecule has 10 heteroatoms. The number of esters is 1. The highest BCUT2D eigenvalue weighted by molar-refractivity contribution is 5.93. The number of amides is 3. The molecule has 0 saturated heterocycles. The molecule has 0 aliphatic carbocycles. The summed E-state index contributed by atoms with van der Waals surface area (Å²) in [6.45, 7) is 9.95. The van der Waals surface area contributed by atoms with Crippen LogP contribution in [0.1, 0.15) is 69.7 Å². The lowest BCUT2D eigenvalue weighted by Crippen LogP contribution is -2.54. The number of rotatable bonds is 12. The lowest BCUT2D eigenvalue weighted by molar-refractivity contribution is -0.145. The van der Waals surface area contributed by atoms with Crippen LogP contribution in [0.5, 0.6) is 0 Å². The maximum absolute atomic E-state index is 13.7. The SMILES string of the molecule is CCCCCN(C(=O)C(CO)NC(=O)OC(C)(C)C)C(C(=O)NCC(=O)OC)c1cc(C)cc(C)c1.